The van der Waals surface area contributed by atoms with Gasteiger partial charge < -0.3 is 118 Å². The van der Waals surface area contributed by atoms with E-state index in [4.69, 9.17) is 49.4 Å². The van der Waals surface area contributed by atoms with Crippen molar-refractivity contribution in [2.75, 3.05) is 168 Å². The first-order valence-corrected chi connectivity index (χ1v) is 35.6. The van der Waals surface area contributed by atoms with Gasteiger partial charge in [0.15, 0.2) is 0 Å². The van der Waals surface area contributed by atoms with E-state index in [1.54, 1.807) is 30.3 Å². The van der Waals surface area contributed by atoms with Crippen molar-refractivity contribution in [3.05, 3.63) is 35.9 Å². The summed E-state index contributed by atoms with van der Waals surface area (Å²) in [4.78, 5) is 182. The molecule has 576 valence electrons. The van der Waals surface area contributed by atoms with E-state index in [0.717, 1.165) is 11.8 Å². The lowest BCUT2D eigenvalue weighted by Crippen LogP contribution is -2.60. The zero-order valence-electron chi connectivity index (χ0n) is 57.4. The fourth-order valence-corrected chi connectivity index (χ4v) is 10.1. The minimum Gasteiger partial charge on any atom is -0.481 e. The Hall–Kier alpha value is -7.51. The number of thioether (sulfide) groups is 1. The molecule has 0 unspecified atom stereocenters. The second kappa shape index (κ2) is 57.0. The second-order valence-electron chi connectivity index (χ2n) is 22.3. The van der Waals surface area contributed by atoms with Crippen LogP contribution in [-0.2, 0) is 111 Å². The van der Waals surface area contributed by atoms with Gasteiger partial charge in [-0.05, 0) is 37.8 Å². The molecule has 2 rings (SSSR count). The Balaban J connectivity index is 1.98. The SMILES string of the molecule is CCCC[C@@H]1NC(=O)[C@H](CS)NC(=O)[C@H](CCCCN)NC(=O)CSC[C@@H](C(=O)NCCOCCOCCOCCNC(=O)COCC(=O)NCCOCCOCCOCCNC(=O)COCC(N)=O)NC(=O)[C@H](Cc2ccccc2)NC(=O)[C@H](CS)NC(=O)[C@H](CC(=O)O)NC(=O)CNC1=O. The normalized spacial score (nSPS) is 19.4. The third kappa shape index (κ3) is 44.1. The van der Waals surface area contributed by atoms with Crippen LogP contribution in [0.3, 0.4) is 0 Å². The number of benzene rings is 1. The molecule has 1 aliphatic heterocycles. The van der Waals surface area contributed by atoms with Crippen molar-refractivity contribution in [3.63, 3.8) is 0 Å². The molecule has 17 N–H and O–H groups in total. The highest BCUT2D eigenvalue weighted by atomic mass is 32.2. The first-order valence-electron chi connectivity index (χ1n) is 33.2. The number of hydrogen-bond donors (Lipinski definition) is 17. The standard InChI is InChI=1S/C62H102N14O23S3/c1-2-3-11-42-56(85)69-32-50(78)71-45(31-55(83)84)60(89)75-47(38-101)62(91)73-44(30-41-9-5-4-6-10-41)59(88)76-48(39-102-40-54(82)70-43(12-7-8-13-63)58(87)74-46(37-100)61(90)72-42)57(86)68-17-21-95-25-29-97-28-24-94-20-16-67-53(81)36-99-35-52(80)66-15-19-93-23-27-96-26-22-92-18-14-65-51(79)34-98-33-49(64)77/h4-6,9-10,42-48,100-101H,2-3,7-8,11-40,63H2,1H3,(H2,64,77)(H,65,79)(H,66,80)(H,67,81)(H,68,86)(H,69,85)(H,70,82)(H,71,78)(H,72,90)(H,73,91)(H,74,87)(H,75,89)(H,76,88)(H,83,84)/t42-,43-,44-,45-,46-,47-,48-/m0/s1. The average molecular weight is 1510 g/mol. The van der Waals surface area contributed by atoms with Gasteiger partial charge in [0.25, 0.3) is 0 Å². The smallest absolute Gasteiger partial charge is 0.305 e. The van der Waals surface area contributed by atoms with Gasteiger partial charge in [0.2, 0.25) is 76.8 Å². The number of carbonyl (C=O) groups is 14. The first kappa shape index (κ1) is 90.6. The Morgan fingerprint density at radius 3 is 1.40 bits per heavy atom. The highest BCUT2D eigenvalue weighted by Gasteiger charge is 2.34. The molecule has 102 heavy (non-hydrogen) atoms. The van der Waals surface area contributed by atoms with Gasteiger partial charge in [-0.1, -0.05) is 50.1 Å². The topological polar surface area (TPSA) is 529 Å². The van der Waals surface area contributed by atoms with Crippen molar-refractivity contribution in [1.82, 2.24) is 63.8 Å². The predicted molar refractivity (Wildman–Crippen MR) is 374 cm³/mol. The van der Waals surface area contributed by atoms with Crippen LogP contribution in [0.2, 0.25) is 0 Å². The zero-order chi connectivity index (χ0) is 75.1. The summed E-state index contributed by atoms with van der Waals surface area (Å²) in [6, 6.07) is -1.50. The van der Waals surface area contributed by atoms with Crippen LogP contribution in [0, 0.1) is 0 Å². The van der Waals surface area contributed by atoms with E-state index >= 15 is 0 Å². The van der Waals surface area contributed by atoms with Crippen molar-refractivity contribution in [1.29, 1.82) is 0 Å². The van der Waals surface area contributed by atoms with Gasteiger partial charge in [-0.2, -0.15) is 25.3 Å². The second-order valence-corrected chi connectivity index (χ2v) is 24.1. The highest BCUT2D eigenvalue weighted by molar-refractivity contribution is 8.00. The Labute approximate surface area is 607 Å². The Bertz CT molecular complexity index is 2740. The maximum Gasteiger partial charge on any atom is 0.305 e. The van der Waals surface area contributed by atoms with Crippen molar-refractivity contribution in [3.8, 4) is 0 Å². The van der Waals surface area contributed by atoms with Crippen LogP contribution in [0.5, 0.6) is 0 Å². The molecule has 1 aromatic carbocycles. The minimum atomic E-state index is -1.80. The van der Waals surface area contributed by atoms with E-state index in [1.807, 2.05) is 6.92 Å². The molecular formula is C62H102N14O23S3. The summed E-state index contributed by atoms with van der Waals surface area (Å²) >= 11 is 9.41. The van der Waals surface area contributed by atoms with Gasteiger partial charge in [-0.25, -0.2) is 0 Å². The number of carboxylic acids is 1. The van der Waals surface area contributed by atoms with Crippen molar-refractivity contribution >= 4 is 120 Å². The lowest BCUT2D eigenvalue weighted by atomic mass is 10.0. The number of carbonyl (C=O) groups excluding carboxylic acids is 13. The van der Waals surface area contributed by atoms with Crippen LogP contribution in [0.25, 0.3) is 0 Å². The number of aliphatic carboxylic acids is 1. The molecule has 1 fully saturated rings. The van der Waals surface area contributed by atoms with E-state index in [-0.39, 0.29) is 168 Å². The summed E-state index contributed by atoms with van der Waals surface area (Å²) in [5, 5.41) is 40.2. The van der Waals surface area contributed by atoms with Crippen molar-refractivity contribution in [2.24, 2.45) is 11.5 Å². The van der Waals surface area contributed by atoms with Crippen LogP contribution >= 0.6 is 37.0 Å². The lowest BCUT2D eigenvalue weighted by molar-refractivity contribution is -0.141. The molecule has 0 aliphatic carbocycles. The molecule has 1 aromatic rings. The minimum absolute atomic E-state index is 0.0193. The monoisotopic (exact) mass is 1510 g/mol. The summed E-state index contributed by atoms with van der Waals surface area (Å²) in [6.45, 7) is 2.83. The van der Waals surface area contributed by atoms with Gasteiger partial charge in [0, 0.05) is 49.9 Å². The number of ether oxygens (including phenoxy) is 8. The van der Waals surface area contributed by atoms with Gasteiger partial charge in [0.1, 0.15) is 68.7 Å². The van der Waals surface area contributed by atoms with Gasteiger partial charge in [-0.15, -0.1) is 11.8 Å². The zero-order valence-corrected chi connectivity index (χ0v) is 60.0. The van der Waals surface area contributed by atoms with Crippen LogP contribution in [0.4, 0.5) is 0 Å². The largest absolute Gasteiger partial charge is 0.481 e. The molecule has 40 heteroatoms. The number of nitrogens with two attached hydrogens (primary N) is 2. The molecular weight excluding hydrogens is 1400 g/mol. The van der Waals surface area contributed by atoms with E-state index in [9.17, 15) is 72.2 Å². The molecule has 1 aliphatic rings. The van der Waals surface area contributed by atoms with E-state index < -0.39 is 144 Å². The molecule has 13 amide bonds. The number of hydrogen-bond acceptors (Lipinski definition) is 26. The first-order chi connectivity index (χ1) is 49.1. The summed E-state index contributed by atoms with van der Waals surface area (Å²) < 4.78 is 42.7. The lowest BCUT2D eigenvalue weighted by Gasteiger charge is -2.26. The van der Waals surface area contributed by atoms with Crippen LogP contribution in [-0.4, -0.2) is 298 Å². The quantitative estimate of drug-likeness (QED) is 0.0213. The summed E-state index contributed by atoms with van der Waals surface area (Å²) in [6.07, 6.45) is 0.946. The number of rotatable bonds is 46. The number of nitrogens with one attached hydrogen (secondary N) is 12. The fraction of sp³-hybridized carbons (Fsp3) is 0.677. The van der Waals surface area contributed by atoms with Crippen LogP contribution < -0.4 is 75.3 Å². The number of primary amides is 1. The number of carboxylic acid groups (broad SMARTS) is 1. The molecule has 0 spiro atoms. The molecule has 0 aromatic heterocycles. The van der Waals surface area contributed by atoms with Gasteiger partial charge in [-0.3, -0.25) is 67.1 Å². The molecule has 1 saturated heterocycles. The maximum absolute atomic E-state index is 14.4. The Morgan fingerprint density at radius 1 is 0.500 bits per heavy atom. The molecule has 0 bridgehead atoms. The fourth-order valence-electron chi connectivity index (χ4n) is 8.73. The van der Waals surface area contributed by atoms with E-state index in [2.05, 4.69) is 89.1 Å². The molecule has 1 heterocycles. The summed E-state index contributed by atoms with van der Waals surface area (Å²) in [7, 11) is 0. The Morgan fingerprint density at radius 2 is 0.922 bits per heavy atom. The van der Waals surface area contributed by atoms with Crippen LogP contribution in [0.15, 0.2) is 30.3 Å². The van der Waals surface area contributed by atoms with E-state index in [1.165, 1.54) is 0 Å². The molecule has 0 saturated carbocycles. The molecule has 37 nitrogen and oxygen atoms in total. The van der Waals surface area contributed by atoms with Crippen LogP contribution in [0.1, 0.15) is 57.4 Å². The van der Waals surface area contributed by atoms with Gasteiger partial charge in [0.05, 0.1) is 98.0 Å². The number of unbranched alkanes of at least 4 members (excludes halogenated alkanes) is 2. The third-order valence-corrected chi connectivity index (χ3v) is 15.7. The predicted octanol–water partition coefficient (Wildman–Crippen LogP) is -6.78. The average Bonchev–Trinajstić information content (AvgIpc) is 0.878. The maximum atomic E-state index is 14.4. The Kier molecular flexibility index (Phi) is 50.6. The summed E-state index contributed by atoms with van der Waals surface area (Å²) in [5.41, 5.74) is 11.2. The highest BCUT2D eigenvalue weighted by Crippen LogP contribution is 2.11. The van der Waals surface area contributed by atoms with Crippen molar-refractivity contribution < 1.29 is 110 Å². The van der Waals surface area contributed by atoms with Gasteiger partial charge >= 0.3 is 5.97 Å². The van der Waals surface area contributed by atoms with E-state index in [0.29, 0.717) is 37.9 Å². The number of amides is 13. The van der Waals surface area contributed by atoms with Crippen molar-refractivity contribution in [2.45, 2.75) is 101 Å². The summed E-state index contributed by atoms with van der Waals surface area (Å²) in [5.74, 6) is -12.6. The molecule has 0 radical (unpaired) electrons. The molecule has 7 atom stereocenters. The third-order valence-electron chi connectivity index (χ3n) is 13.9. The number of thiol groups is 2.